The van der Waals surface area contributed by atoms with Crippen LogP contribution in [0.15, 0.2) is 0 Å². The van der Waals surface area contributed by atoms with Crippen molar-refractivity contribution in [2.75, 3.05) is 19.8 Å². The summed E-state index contributed by atoms with van der Waals surface area (Å²) in [6.45, 7) is 3.93. The molecule has 126 valence electrons. The summed E-state index contributed by atoms with van der Waals surface area (Å²) in [5.74, 6) is 0.494. The van der Waals surface area contributed by atoms with E-state index in [0.29, 0.717) is 38.0 Å². The number of hydrogen-bond acceptors (Lipinski definition) is 3. The second kappa shape index (κ2) is 8.51. The molecule has 1 aliphatic carbocycles. The lowest BCUT2D eigenvalue weighted by atomic mass is 9.80. The van der Waals surface area contributed by atoms with Gasteiger partial charge in [0.2, 0.25) is 5.91 Å². The molecule has 0 bridgehead atoms. The van der Waals surface area contributed by atoms with E-state index < -0.39 is 5.97 Å². The highest BCUT2D eigenvalue weighted by molar-refractivity contribution is 5.77. The summed E-state index contributed by atoms with van der Waals surface area (Å²) >= 11 is 0. The average Bonchev–Trinajstić information content (AvgIpc) is 2.48. The smallest absolute Gasteiger partial charge is 0.305 e. The van der Waals surface area contributed by atoms with Gasteiger partial charge in [-0.25, -0.2) is 0 Å². The first-order valence-corrected chi connectivity index (χ1v) is 8.65. The monoisotopic (exact) mass is 311 g/mol. The molecule has 0 unspecified atom stereocenters. The van der Waals surface area contributed by atoms with Crippen LogP contribution in [0.3, 0.4) is 0 Å². The molecular weight excluding hydrogens is 282 g/mol. The standard InChI is InChI=1S/C17H29NO4/c1-13-3-2-4-14(11-13)12-16(19)18(8-5-17(20)21)15-6-9-22-10-7-15/h13-15H,2-12H2,1H3,(H,20,21)/t13-,14-/m0/s1. The zero-order valence-electron chi connectivity index (χ0n) is 13.6. The van der Waals surface area contributed by atoms with Crippen LogP contribution in [-0.2, 0) is 14.3 Å². The number of carbonyl (C=O) groups is 2. The minimum Gasteiger partial charge on any atom is -0.481 e. The van der Waals surface area contributed by atoms with Gasteiger partial charge in [-0.1, -0.05) is 19.8 Å². The van der Waals surface area contributed by atoms with Crippen LogP contribution in [0.25, 0.3) is 0 Å². The Morgan fingerprint density at radius 1 is 1.18 bits per heavy atom. The van der Waals surface area contributed by atoms with Crippen molar-refractivity contribution in [2.45, 2.75) is 64.3 Å². The van der Waals surface area contributed by atoms with E-state index in [4.69, 9.17) is 9.84 Å². The van der Waals surface area contributed by atoms with Crippen molar-refractivity contribution in [3.8, 4) is 0 Å². The maximum Gasteiger partial charge on any atom is 0.305 e. The third kappa shape index (κ3) is 5.27. The highest BCUT2D eigenvalue weighted by Gasteiger charge is 2.29. The van der Waals surface area contributed by atoms with Crippen LogP contribution in [0.1, 0.15) is 58.3 Å². The molecule has 0 aromatic heterocycles. The van der Waals surface area contributed by atoms with Crippen molar-refractivity contribution in [1.29, 1.82) is 0 Å². The number of rotatable bonds is 6. The maximum atomic E-state index is 12.7. The minimum atomic E-state index is -0.837. The van der Waals surface area contributed by atoms with E-state index in [1.165, 1.54) is 12.8 Å². The molecule has 1 heterocycles. The van der Waals surface area contributed by atoms with E-state index in [1.54, 1.807) is 0 Å². The quantitative estimate of drug-likeness (QED) is 0.819. The Morgan fingerprint density at radius 3 is 2.55 bits per heavy atom. The van der Waals surface area contributed by atoms with Gasteiger partial charge in [-0.3, -0.25) is 9.59 Å². The van der Waals surface area contributed by atoms with Crippen LogP contribution in [0.4, 0.5) is 0 Å². The van der Waals surface area contributed by atoms with E-state index in [9.17, 15) is 9.59 Å². The molecule has 2 aliphatic rings. The van der Waals surface area contributed by atoms with E-state index in [0.717, 1.165) is 25.7 Å². The van der Waals surface area contributed by atoms with E-state index in [-0.39, 0.29) is 18.4 Å². The first kappa shape index (κ1) is 17.3. The Hall–Kier alpha value is -1.10. The van der Waals surface area contributed by atoms with Crippen LogP contribution in [0, 0.1) is 11.8 Å². The molecule has 5 nitrogen and oxygen atoms in total. The number of carboxylic acids is 1. The number of hydrogen-bond donors (Lipinski definition) is 1. The molecule has 0 spiro atoms. The molecule has 1 N–H and O–H groups in total. The molecule has 22 heavy (non-hydrogen) atoms. The number of carboxylic acid groups (broad SMARTS) is 1. The Balaban J connectivity index is 1.93. The fourth-order valence-corrected chi connectivity index (χ4v) is 3.83. The Kier molecular flexibility index (Phi) is 6.68. The summed E-state index contributed by atoms with van der Waals surface area (Å²) in [5.41, 5.74) is 0. The topological polar surface area (TPSA) is 66.8 Å². The number of amides is 1. The normalized spacial score (nSPS) is 26.6. The molecule has 2 fully saturated rings. The highest BCUT2D eigenvalue weighted by atomic mass is 16.5. The second-order valence-electron chi connectivity index (χ2n) is 6.92. The van der Waals surface area contributed by atoms with Crippen LogP contribution in [0.2, 0.25) is 0 Å². The molecular formula is C17H29NO4. The zero-order valence-corrected chi connectivity index (χ0v) is 13.6. The fourth-order valence-electron chi connectivity index (χ4n) is 3.83. The third-order valence-electron chi connectivity index (χ3n) is 5.03. The molecule has 0 radical (unpaired) electrons. The SMILES string of the molecule is C[C@H]1CCC[C@H](CC(=O)N(CCC(=O)O)C2CCOCC2)C1. The van der Waals surface area contributed by atoms with E-state index in [1.807, 2.05) is 4.90 Å². The van der Waals surface area contributed by atoms with Crippen molar-refractivity contribution in [1.82, 2.24) is 4.90 Å². The molecule has 0 aromatic carbocycles. The van der Waals surface area contributed by atoms with Gasteiger partial charge in [0, 0.05) is 32.2 Å². The largest absolute Gasteiger partial charge is 0.481 e. The van der Waals surface area contributed by atoms with E-state index in [2.05, 4.69) is 6.92 Å². The number of aliphatic carboxylic acids is 1. The van der Waals surface area contributed by atoms with Crippen LogP contribution in [-0.4, -0.2) is 47.7 Å². The van der Waals surface area contributed by atoms with Gasteiger partial charge in [-0.2, -0.15) is 0 Å². The minimum absolute atomic E-state index is 0.0319. The number of nitrogens with zero attached hydrogens (tertiary/aromatic N) is 1. The molecule has 5 heteroatoms. The molecule has 0 aromatic rings. The van der Waals surface area contributed by atoms with Gasteiger partial charge in [0.1, 0.15) is 0 Å². The molecule has 1 saturated carbocycles. The Labute approximate surface area is 133 Å². The molecule has 2 rings (SSSR count). The van der Waals surface area contributed by atoms with Crippen molar-refractivity contribution in [2.24, 2.45) is 11.8 Å². The maximum absolute atomic E-state index is 12.7. The van der Waals surface area contributed by atoms with E-state index >= 15 is 0 Å². The van der Waals surface area contributed by atoms with Gasteiger partial charge < -0.3 is 14.7 Å². The van der Waals surface area contributed by atoms with Crippen LogP contribution in [0.5, 0.6) is 0 Å². The van der Waals surface area contributed by atoms with Crippen molar-refractivity contribution in [3.63, 3.8) is 0 Å². The lowest BCUT2D eigenvalue weighted by molar-refractivity contribution is -0.140. The average molecular weight is 311 g/mol. The van der Waals surface area contributed by atoms with Crippen molar-refractivity contribution in [3.05, 3.63) is 0 Å². The lowest BCUT2D eigenvalue weighted by Gasteiger charge is -2.36. The van der Waals surface area contributed by atoms with Crippen LogP contribution < -0.4 is 0 Å². The summed E-state index contributed by atoms with van der Waals surface area (Å²) < 4.78 is 5.36. The fraction of sp³-hybridized carbons (Fsp3) is 0.882. The summed E-state index contributed by atoms with van der Waals surface area (Å²) in [5, 5.41) is 8.94. The summed E-state index contributed by atoms with van der Waals surface area (Å²) in [7, 11) is 0. The first-order chi connectivity index (χ1) is 10.6. The molecule has 1 amide bonds. The Bertz CT molecular complexity index is 379. The van der Waals surface area contributed by atoms with Gasteiger partial charge in [0.25, 0.3) is 0 Å². The second-order valence-corrected chi connectivity index (χ2v) is 6.92. The summed E-state index contributed by atoms with van der Waals surface area (Å²) in [4.78, 5) is 25.4. The van der Waals surface area contributed by atoms with Crippen molar-refractivity contribution < 1.29 is 19.4 Å². The predicted octanol–water partition coefficient (Wildman–Crippen LogP) is 2.69. The first-order valence-electron chi connectivity index (χ1n) is 8.65. The van der Waals surface area contributed by atoms with Gasteiger partial charge >= 0.3 is 5.97 Å². The number of carbonyl (C=O) groups excluding carboxylic acids is 1. The van der Waals surface area contributed by atoms with Gasteiger partial charge in [-0.05, 0) is 37.5 Å². The molecule has 1 saturated heterocycles. The summed E-state index contributed by atoms with van der Waals surface area (Å²) in [6.07, 6.45) is 7.02. The highest BCUT2D eigenvalue weighted by Crippen LogP contribution is 2.31. The van der Waals surface area contributed by atoms with Crippen molar-refractivity contribution >= 4 is 11.9 Å². The van der Waals surface area contributed by atoms with Gasteiger partial charge in [0.15, 0.2) is 0 Å². The van der Waals surface area contributed by atoms with Crippen LogP contribution >= 0.6 is 0 Å². The number of ether oxygens (including phenoxy) is 1. The third-order valence-corrected chi connectivity index (χ3v) is 5.03. The van der Waals surface area contributed by atoms with Gasteiger partial charge in [0.05, 0.1) is 6.42 Å². The van der Waals surface area contributed by atoms with Gasteiger partial charge in [-0.15, -0.1) is 0 Å². The predicted molar refractivity (Wildman–Crippen MR) is 83.5 cm³/mol. The summed E-state index contributed by atoms with van der Waals surface area (Å²) in [6, 6.07) is 0.154. The Morgan fingerprint density at radius 2 is 1.91 bits per heavy atom. The molecule has 1 aliphatic heterocycles. The lowest BCUT2D eigenvalue weighted by Crippen LogP contribution is -2.45. The molecule has 2 atom stereocenters. The zero-order chi connectivity index (χ0) is 15.9.